The molecule has 1 aliphatic heterocycles. The van der Waals surface area contributed by atoms with Crippen LogP contribution in [0.1, 0.15) is 21.6 Å². The van der Waals surface area contributed by atoms with Crippen molar-refractivity contribution in [2.45, 2.75) is 24.5 Å². The summed E-state index contributed by atoms with van der Waals surface area (Å²) < 4.78 is 6.10. The number of amides is 1. The van der Waals surface area contributed by atoms with Crippen LogP contribution in [0.25, 0.3) is 0 Å². The molecule has 4 rings (SSSR count). The molecule has 1 aliphatic rings. The van der Waals surface area contributed by atoms with E-state index < -0.39 is 5.63 Å². The summed E-state index contributed by atoms with van der Waals surface area (Å²) in [4.78, 5) is 27.5. The van der Waals surface area contributed by atoms with Gasteiger partial charge < -0.3 is 5.32 Å². The Morgan fingerprint density at radius 1 is 1.43 bits per heavy atom. The number of aromatic nitrogens is 2. The average molecular weight is 443 g/mol. The Bertz CT molecular complexity index is 1160. The summed E-state index contributed by atoms with van der Waals surface area (Å²) in [5.74, 6) is -0.221. The fraction of sp³-hybridized carbons (Fsp3) is 0.300. The van der Waals surface area contributed by atoms with Crippen LogP contribution in [0.4, 0.5) is 5.00 Å². The molecule has 1 aromatic carbocycles. The topological polar surface area (TPSA) is 106 Å². The van der Waals surface area contributed by atoms with Gasteiger partial charge in [0.05, 0.1) is 11.3 Å². The van der Waals surface area contributed by atoms with Crippen molar-refractivity contribution in [1.29, 1.82) is 5.26 Å². The molecule has 0 aliphatic carbocycles. The number of fused-ring (bicyclic) bond motifs is 1. The number of hydrogen-bond donors (Lipinski definition) is 2. The van der Waals surface area contributed by atoms with Crippen LogP contribution in [-0.2, 0) is 31.4 Å². The number of H-pyrrole nitrogens is 1. The van der Waals surface area contributed by atoms with E-state index in [-0.39, 0.29) is 11.7 Å². The Kier molecular flexibility index (Phi) is 6.03. The van der Waals surface area contributed by atoms with Crippen LogP contribution in [0, 0.1) is 11.3 Å². The van der Waals surface area contributed by atoms with Crippen molar-refractivity contribution in [3.05, 3.63) is 62.3 Å². The summed E-state index contributed by atoms with van der Waals surface area (Å²) in [6.45, 7) is 2.49. The molecule has 30 heavy (non-hydrogen) atoms. The van der Waals surface area contributed by atoms with E-state index in [0.29, 0.717) is 15.6 Å². The van der Waals surface area contributed by atoms with Crippen molar-refractivity contribution in [2.24, 2.45) is 7.05 Å². The average Bonchev–Trinajstić information content (AvgIpc) is 3.25. The minimum absolute atomic E-state index is 0.0457. The lowest BCUT2D eigenvalue weighted by molar-refractivity contribution is -0.772. The predicted octanol–water partition coefficient (Wildman–Crippen LogP) is 2.01. The van der Waals surface area contributed by atoms with Crippen LogP contribution in [-0.4, -0.2) is 28.4 Å². The number of aryl methyl sites for hydroxylation is 1. The maximum atomic E-state index is 12.4. The monoisotopic (exact) mass is 442 g/mol. The minimum Gasteiger partial charge on any atom is -0.316 e. The van der Waals surface area contributed by atoms with E-state index in [1.54, 1.807) is 7.05 Å². The van der Waals surface area contributed by atoms with E-state index in [0.717, 1.165) is 48.3 Å². The first-order valence-electron chi connectivity index (χ1n) is 9.36. The quantitative estimate of drug-likeness (QED) is 0.447. The molecule has 154 valence electrons. The molecule has 0 fully saturated rings. The number of nitrogens with zero attached hydrogens (tertiary/aromatic N) is 3. The van der Waals surface area contributed by atoms with Gasteiger partial charge in [-0.2, -0.15) is 5.26 Å². The van der Waals surface area contributed by atoms with Crippen LogP contribution >= 0.6 is 23.1 Å². The Morgan fingerprint density at radius 3 is 2.93 bits per heavy atom. The maximum absolute atomic E-state index is 12.4. The number of carbonyl (C=O) groups is 1. The SMILES string of the molecule is C[n+]1[nH]oc(=O)c1SCC(=O)Nc1sc2c(c1C#N)CCN(Cc1ccccc1)C2. The highest BCUT2D eigenvalue weighted by Gasteiger charge is 2.26. The number of hydrogen-bond acceptors (Lipinski definition) is 7. The van der Waals surface area contributed by atoms with Crippen LogP contribution in [0.5, 0.6) is 0 Å². The number of carbonyl (C=O) groups excluding carboxylic acids is 1. The number of thioether (sulfide) groups is 1. The molecule has 0 unspecified atom stereocenters. The van der Waals surface area contributed by atoms with E-state index in [1.165, 1.54) is 21.6 Å². The molecule has 0 radical (unpaired) electrons. The van der Waals surface area contributed by atoms with E-state index in [9.17, 15) is 14.9 Å². The number of aromatic amines is 1. The number of benzene rings is 1. The first-order chi connectivity index (χ1) is 14.5. The molecular formula is C20H20N5O3S2+. The Labute approximate surface area is 181 Å². The van der Waals surface area contributed by atoms with Gasteiger partial charge >= 0.3 is 10.7 Å². The minimum atomic E-state index is -0.516. The largest absolute Gasteiger partial charge is 0.441 e. The van der Waals surface area contributed by atoms with E-state index in [2.05, 4.69) is 38.2 Å². The Hall–Kier alpha value is -2.87. The van der Waals surface area contributed by atoms with Gasteiger partial charge in [0.2, 0.25) is 5.91 Å². The number of thiophene rings is 1. The third kappa shape index (κ3) is 4.33. The molecule has 0 bridgehead atoms. The second-order valence-electron chi connectivity index (χ2n) is 6.95. The highest BCUT2D eigenvalue weighted by atomic mass is 32.2. The van der Waals surface area contributed by atoms with Crippen LogP contribution in [0.3, 0.4) is 0 Å². The summed E-state index contributed by atoms with van der Waals surface area (Å²) in [6, 6.07) is 12.6. The van der Waals surface area contributed by atoms with Crippen LogP contribution in [0.15, 0.2) is 44.7 Å². The van der Waals surface area contributed by atoms with Gasteiger partial charge in [-0.3, -0.25) is 14.2 Å². The third-order valence-corrected chi connectivity index (χ3v) is 7.10. The van der Waals surface area contributed by atoms with Crippen molar-refractivity contribution in [3.8, 4) is 6.07 Å². The zero-order valence-corrected chi connectivity index (χ0v) is 17.9. The zero-order valence-electron chi connectivity index (χ0n) is 16.3. The molecule has 1 amide bonds. The van der Waals surface area contributed by atoms with Crippen molar-refractivity contribution in [3.63, 3.8) is 0 Å². The summed E-state index contributed by atoms with van der Waals surface area (Å²) in [5, 5.41) is 15.8. The molecule has 2 N–H and O–H groups in total. The molecule has 0 spiro atoms. The Balaban J connectivity index is 1.43. The molecule has 8 nitrogen and oxygen atoms in total. The highest BCUT2D eigenvalue weighted by Crippen LogP contribution is 2.37. The molecule has 10 heteroatoms. The van der Waals surface area contributed by atoms with E-state index in [4.69, 9.17) is 0 Å². The van der Waals surface area contributed by atoms with Gasteiger partial charge in [0, 0.05) is 24.5 Å². The molecule has 0 saturated carbocycles. The summed E-state index contributed by atoms with van der Waals surface area (Å²) in [6.07, 6.45) is 0.784. The van der Waals surface area contributed by atoms with Crippen molar-refractivity contribution < 1.29 is 14.0 Å². The van der Waals surface area contributed by atoms with E-state index >= 15 is 0 Å². The molecule has 0 atom stereocenters. The molecule has 3 aromatic rings. The third-order valence-electron chi connectivity index (χ3n) is 4.84. The van der Waals surface area contributed by atoms with Gasteiger partial charge in [0.25, 0.3) is 0 Å². The first kappa shape index (κ1) is 20.4. The molecule has 3 heterocycles. The van der Waals surface area contributed by atoms with Gasteiger partial charge in [-0.05, 0) is 34.6 Å². The summed E-state index contributed by atoms with van der Waals surface area (Å²) >= 11 is 2.55. The van der Waals surface area contributed by atoms with Crippen molar-refractivity contribution in [2.75, 3.05) is 17.6 Å². The van der Waals surface area contributed by atoms with Crippen LogP contribution < -0.4 is 15.6 Å². The van der Waals surface area contributed by atoms with Gasteiger partial charge in [-0.15, -0.1) is 11.3 Å². The molecule has 0 saturated heterocycles. The summed E-state index contributed by atoms with van der Waals surface area (Å²) in [7, 11) is 1.63. The number of anilines is 1. The Morgan fingerprint density at radius 2 is 2.23 bits per heavy atom. The smallest absolute Gasteiger partial charge is 0.316 e. The first-order valence-corrected chi connectivity index (χ1v) is 11.2. The fourth-order valence-electron chi connectivity index (χ4n) is 3.42. The highest BCUT2D eigenvalue weighted by molar-refractivity contribution is 7.99. The standard InChI is InChI=1S/C20H19N5O3S2/c1-24-19(20(27)28-23-24)29-12-17(26)22-18-15(9-21)14-7-8-25(11-16(14)30-18)10-13-5-3-2-4-6-13/h2-6H,7-8,10-12H2,1H3,(H-,22,23,26,27)/p+1. The molecular weight excluding hydrogens is 422 g/mol. The van der Waals surface area contributed by atoms with Gasteiger partial charge in [0.1, 0.15) is 11.1 Å². The van der Waals surface area contributed by atoms with E-state index in [1.807, 2.05) is 18.2 Å². The maximum Gasteiger partial charge on any atom is 0.441 e. The number of nitriles is 1. The lowest BCUT2D eigenvalue weighted by atomic mass is 10.0. The second kappa shape index (κ2) is 8.87. The van der Waals surface area contributed by atoms with Crippen molar-refractivity contribution in [1.82, 2.24) is 10.2 Å². The summed E-state index contributed by atoms with van der Waals surface area (Å²) in [5.41, 5.74) is 2.33. The van der Waals surface area contributed by atoms with Gasteiger partial charge in [0.15, 0.2) is 7.05 Å². The zero-order chi connectivity index (χ0) is 21.1. The lowest BCUT2D eigenvalue weighted by Crippen LogP contribution is -2.34. The van der Waals surface area contributed by atoms with Gasteiger partial charge in [-0.1, -0.05) is 35.0 Å². The number of nitrogens with one attached hydrogen (secondary N) is 2. The second-order valence-corrected chi connectivity index (χ2v) is 9.02. The van der Waals surface area contributed by atoms with Crippen LogP contribution in [0.2, 0.25) is 0 Å². The fourth-order valence-corrected chi connectivity index (χ4v) is 5.41. The van der Waals surface area contributed by atoms with Crippen molar-refractivity contribution >= 4 is 34.0 Å². The predicted molar refractivity (Wildman–Crippen MR) is 113 cm³/mol. The van der Waals surface area contributed by atoms with Gasteiger partial charge in [-0.25, -0.2) is 4.79 Å². The number of rotatable bonds is 6. The normalized spacial score (nSPS) is 13.6. The lowest BCUT2D eigenvalue weighted by Gasteiger charge is -2.26. The molecule has 2 aromatic heterocycles.